The number of benzene rings is 2. The lowest BCUT2D eigenvalue weighted by Crippen LogP contribution is -2.01. The van der Waals surface area contributed by atoms with Gasteiger partial charge in [0.25, 0.3) is 0 Å². The number of ketones is 1. The molecule has 0 aromatic heterocycles. The van der Waals surface area contributed by atoms with Crippen LogP contribution in [0, 0.1) is 0 Å². The van der Waals surface area contributed by atoms with Gasteiger partial charge in [-0.3, -0.25) is 4.79 Å². The summed E-state index contributed by atoms with van der Waals surface area (Å²) in [4.78, 5) is 12.2. The number of carbonyl (C=O) groups excluding carboxylic acids is 1. The zero-order chi connectivity index (χ0) is 12.2. The van der Waals surface area contributed by atoms with E-state index in [0.717, 1.165) is 5.56 Å². The van der Waals surface area contributed by atoms with Gasteiger partial charge < -0.3 is 5.73 Å². The van der Waals surface area contributed by atoms with Gasteiger partial charge in [0.1, 0.15) is 0 Å². The number of carbonyl (C=O) groups is 1. The van der Waals surface area contributed by atoms with Crippen molar-refractivity contribution in [1.82, 2.24) is 0 Å². The molecule has 0 fully saturated rings. The highest BCUT2D eigenvalue weighted by atomic mass is 35.5. The van der Waals surface area contributed by atoms with Gasteiger partial charge in [0.15, 0.2) is 5.78 Å². The highest BCUT2D eigenvalue weighted by Gasteiger charge is 2.31. The highest BCUT2D eigenvalue weighted by Crippen LogP contribution is 2.45. The molecule has 0 saturated heterocycles. The minimum atomic E-state index is -0.113. The Morgan fingerprint density at radius 1 is 0.941 bits per heavy atom. The van der Waals surface area contributed by atoms with E-state index in [-0.39, 0.29) is 5.78 Å². The van der Waals surface area contributed by atoms with E-state index in [1.54, 1.807) is 12.1 Å². The quantitative estimate of drug-likeness (QED) is 0.628. The van der Waals surface area contributed by atoms with Crippen LogP contribution in [-0.2, 0) is 0 Å². The third-order valence-electron chi connectivity index (χ3n) is 2.94. The second-order valence-corrected chi connectivity index (χ2v) is 4.69. The summed E-state index contributed by atoms with van der Waals surface area (Å²) in [7, 11) is 0. The first-order valence-corrected chi connectivity index (χ1v) is 5.78. The monoisotopic (exact) mass is 263 g/mol. The minimum absolute atomic E-state index is 0.113. The second kappa shape index (κ2) is 3.49. The van der Waals surface area contributed by atoms with Gasteiger partial charge >= 0.3 is 0 Å². The van der Waals surface area contributed by atoms with Crippen LogP contribution in [0.4, 0.5) is 5.69 Å². The molecule has 0 spiro atoms. The van der Waals surface area contributed by atoms with Crippen molar-refractivity contribution in [2.24, 2.45) is 0 Å². The lowest BCUT2D eigenvalue weighted by atomic mass is 10.0. The molecule has 0 bridgehead atoms. The number of halogens is 2. The lowest BCUT2D eigenvalue weighted by molar-refractivity contribution is 0.104. The van der Waals surface area contributed by atoms with E-state index in [9.17, 15) is 4.79 Å². The van der Waals surface area contributed by atoms with E-state index in [0.29, 0.717) is 32.4 Å². The van der Waals surface area contributed by atoms with E-state index >= 15 is 0 Å². The van der Waals surface area contributed by atoms with Crippen LogP contribution < -0.4 is 5.73 Å². The van der Waals surface area contributed by atoms with Crippen molar-refractivity contribution < 1.29 is 4.79 Å². The lowest BCUT2D eigenvalue weighted by Gasteiger charge is -2.07. The third-order valence-corrected chi connectivity index (χ3v) is 3.55. The van der Waals surface area contributed by atoms with Crippen molar-refractivity contribution in [2.45, 2.75) is 0 Å². The van der Waals surface area contributed by atoms with E-state index in [4.69, 9.17) is 28.9 Å². The molecule has 4 heteroatoms. The van der Waals surface area contributed by atoms with Crippen LogP contribution in [-0.4, -0.2) is 5.78 Å². The zero-order valence-corrected chi connectivity index (χ0v) is 10.1. The van der Waals surface area contributed by atoms with Crippen molar-refractivity contribution in [3.05, 3.63) is 51.5 Å². The van der Waals surface area contributed by atoms with Gasteiger partial charge in [0.05, 0.1) is 21.3 Å². The predicted octanol–water partition coefficient (Wildman–Crippen LogP) is 3.79. The first-order chi connectivity index (χ1) is 8.11. The number of nitrogens with two attached hydrogens (primary N) is 1. The van der Waals surface area contributed by atoms with Gasteiger partial charge in [-0.05, 0) is 11.6 Å². The molecular weight excluding hydrogens is 257 g/mol. The second-order valence-electron chi connectivity index (χ2n) is 3.88. The largest absolute Gasteiger partial charge is 0.397 e. The van der Waals surface area contributed by atoms with Crippen LogP contribution in [0.3, 0.4) is 0 Å². The molecule has 2 nitrogen and oxygen atoms in total. The summed E-state index contributed by atoms with van der Waals surface area (Å²) in [5, 5.41) is 0.771. The Labute approximate surface area is 108 Å². The number of hydrogen-bond acceptors (Lipinski definition) is 2. The fraction of sp³-hybridized carbons (Fsp3) is 0. The summed E-state index contributed by atoms with van der Waals surface area (Å²) in [6.45, 7) is 0. The fourth-order valence-electron chi connectivity index (χ4n) is 2.17. The van der Waals surface area contributed by atoms with Crippen LogP contribution in [0.1, 0.15) is 15.9 Å². The Morgan fingerprint density at radius 3 is 2.29 bits per heavy atom. The molecule has 0 atom stereocenters. The molecule has 0 radical (unpaired) electrons. The van der Waals surface area contributed by atoms with Crippen molar-refractivity contribution in [2.75, 3.05) is 5.73 Å². The number of rotatable bonds is 0. The van der Waals surface area contributed by atoms with Gasteiger partial charge in [-0.1, -0.05) is 47.5 Å². The van der Waals surface area contributed by atoms with E-state index in [1.165, 1.54) is 0 Å². The molecule has 3 rings (SSSR count). The molecule has 2 N–H and O–H groups in total. The molecule has 2 aromatic carbocycles. The third kappa shape index (κ3) is 1.31. The molecule has 84 valence electrons. The molecule has 0 saturated carbocycles. The molecule has 0 unspecified atom stereocenters. The topological polar surface area (TPSA) is 43.1 Å². The molecule has 0 heterocycles. The van der Waals surface area contributed by atoms with Gasteiger partial charge in [-0.25, -0.2) is 0 Å². The Morgan fingerprint density at radius 2 is 1.59 bits per heavy atom. The number of fused-ring (bicyclic) bond motifs is 3. The molecule has 0 amide bonds. The summed E-state index contributed by atoms with van der Waals surface area (Å²) in [5.41, 5.74) is 8.71. The van der Waals surface area contributed by atoms with Crippen LogP contribution in [0.5, 0.6) is 0 Å². The summed E-state index contributed by atoms with van der Waals surface area (Å²) < 4.78 is 0. The minimum Gasteiger partial charge on any atom is -0.397 e. The molecule has 17 heavy (non-hydrogen) atoms. The zero-order valence-electron chi connectivity index (χ0n) is 8.63. The Kier molecular flexibility index (Phi) is 2.18. The SMILES string of the molecule is Nc1c(Cl)cc(Cl)c2c1C(=O)c1ccccc1-2. The fourth-order valence-corrected chi connectivity index (χ4v) is 2.73. The van der Waals surface area contributed by atoms with Gasteiger partial charge in [0, 0.05) is 11.1 Å². The Hall–Kier alpha value is -1.51. The van der Waals surface area contributed by atoms with Gasteiger partial charge in [0.2, 0.25) is 0 Å². The average molecular weight is 264 g/mol. The van der Waals surface area contributed by atoms with Crippen molar-refractivity contribution >= 4 is 34.7 Å². The molecule has 1 aliphatic carbocycles. The summed E-state index contributed by atoms with van der Waals surface area (Å²) in [6.07, 6.45) is 0. The Balaban J connectivity index is 2.47. The van der Waals surface area contributed by atoms with E-state index in [2.05, 4.69) is 0 Å². The standard InChI is InChI=1S/C13H7Cl2NO/c14-8-5-9(15)12(16)11-10(8)6-3-1-2-4-7(6)13(11)17/h1-5H,16H2. The molecule has 0 aliphatic heterocycles. The maximum atomic E-state index is 12.2. The van der Waals surface area contributed by atoms with Crippen molar-refractivity contribution in [3.63, 3.8) is 0 Å². The number of hydrogen-bond donors (Lipinski definition) is 1. The smallest absolute Gasteiger partial charge is 0.196 e. The Bertz CT molecular complexity index is 665. The maximum absolute atomic E-state index is 12.2. The van der Waals surface area contributed by atoms with Crippen molar-refractivity contribution in [1.29, 1.82) is 0 Å². The van der Waals surface area contributed by atoms with E-state index < -0.39 is 0 Å². The van der Waals surface area contributed by atoms with Crippen LogP contribution >= 0.6 is 23.2 Å². The normalized spacial score (nSPS) is 12.5. The average Bonchev–Trinajstić information content (AvgIpc) is 2.61. The first-order valence-electron chi connectivity index (χ1n) is 5.03. The van der Waals surface area contributed by atoms with Crippen LogP contribution in [0.15, 0.2) is 30.3 Å². The first kappa shape index (κ1) is 10.6. The summed E-state index contributed by atoms with van der Waals surface area (Å²) >= 11 is 12.1. The summed E-state index contributed by atoms with van der Waals surface area (Å²) in [5.74, 6) is -0.113. The molecular formula is C13H7Cl2NO. The van der Waals surface area contributed by atoms with Gasteiger partial charge in [-0.15, -0.1) is 0 Å². The molecule has 1 aliphatic rings. The van der Waals surface area contributed by atoms with Crippen LogP contribution in [0.2, 0.25) is 10.0 Å². The highest BCUT2D eigenvalue weighted by molar-refractivity contribution is 6.42. The number of anilines is 1. The van der Waals surface area contributed by atoms with E-state index in [1.807, 2.05) is 18.2 Å². The van der Waals surface area contributed by atoms with Gasteiger partial charge in [-0.2, -0.15) is 0 Å². The molecule has 2 aromatic rings. The van der Waals surface area contributed by atoms with Crippen molar-refractivity contribution in [3.8, 4) is 11.1 Å². The number of nitrogen functional groups attached to an aromatic ring is 1. The predicted molar refractivity (Wildman–Crippen MR) is 69.7 cm³/mol. The van der Waals surface area contributed by atoms with Crippen LogP contribution in [0.25, 0.3) is 11.1 Å². The summed E-state index contributed by atoms with van der Waals surface area (Å²) in [6, 6.07) is 8.88. The maximum Gasteiger partial charge on any atom is 0.196 e.